The van der Waals surface area contributed by atoms with Gasteiger partial charge < -0.3 is 8.85 Å². The molecule has 116 valence electrons. The van der Waals surface area contributed by atoms with Gasteiger partial charge >= 0.3 is 8.56 Å². The van der Waals surface area contributed by atoms with Crippen molar-refractivity contribution >= 4 is 31.8 Å². The molecular formula is C14H30Cl2O2Si. The molecule has 0 amide bonds. The van der Waals surface area contributed by atoms with Crippen molar-refractivity contribution < 1.29 is 8.85 Å². The van der Waals surface area contributed by atoms with E-state index in [0.717, 1.165) is 36.7 Å². The minimum Gasteiger partial charge on any atom is -0.398 e. The summed E-state index contributed by atoms with van der Waals surface area (Å²) in [5, 5.41) is 0. The van der Waals surface area contributed by atoms with Gasteiger partial charge in [-0.05, 0) is 24.9 Å². The molecule has 0 heterocycles. The molecule has 0 aromatic carbocycles. The van der Waals surface area contributed by atoms with Crippen LogP contribution in [0.4, 0.5) is 0 Å². The Morgan fingerprint density at radius 2 is 1.00 bits per heavy atom. The molecule has 0 saturated heterocycles. The van der Waals surface area contributed by atoms with E-state index in [2.05, 4.69) is 0 Å². The van der Waals surface area contributed by atoms with Crippen molar-refractivity contribution in [1.82, 2.24) is 0 Å². The molecule has 0 aromatic rings. The fraction of sp³-hybridized carbons (Fsp3) is 1.00. The van der Waals surface area contributed by atoms with Crippen molar-refractivity contribution in [2.45, 2.75) is 63.5 Å². The monoisotopic (exact) mass is 328 g/mol. The third-order valence-corrected chi connectivity index (χ3v) is 7.88. The smallest absolute Gasteiger partial charge is 0.337 e. The van der Waals surface area contributed by atoms with Crippen molar-refractivity contribution in [2.24, 2.45) is 0 Å². The van der Waals surface area contributed by atoms with Gasteiger partial charge in [-0.1, -0.05) is 38.5 Å². The van der Waals surface area contributed by atoms with E-state index in [1.165, 1.54) is 38.5 Å². The molecule has 0 aliphatic heterocycles. The van der Waals surface area contributed by atoms with Crippen LogP contribution in [0.25, 0.3) is 0 Å². The number of hydrogen-bond acceptors (Lipinski definition) is 2. The van der Waals surface area contributed by atoms with Crippen LogP contribution in [-0.2, 0) is 8.85 Å². The van der Waals surface area contributed by atoms with Gasteiger partial charge in [0.05, 0.1) is 0 Å². The first-order chi connectivity index (χ1) is 9.24. The van der Waals surface area contributed by atoms with E-state index in [0.29, 0.717) is 0 Å². The summed E-state index contributed by atoms with van der Waals surface area (Å²) in [6.07, 6.45) is 9.55. The summed E-state index contributed by atoms with van der Waals surface area (Å²) in [5.74, 6) is 1.55. The van der Waals surface area contributed by atoms with Gasteiger partial charge in [-0.3, -0.25) is 0 Å². The van der Waals surface area contributed by atoms with Crippen molar-refractivity contribution in [2.75, 3.05) is 26.0 Å². The molecule has 0 fully saturated rings. The fourth-order valence-corrected chi connectivity index (χ4v) is 5.49. The Kier molecular flexibility index (Phi) is 14.2. The van der Waals surface area contributed by atoms with E-state index in [1.54, 1.807) is 0 Å². The summed E-state index contributed by atoms with van der Waals surface area (Å²) < 4.78 is 11.5. The topological polar surface area (TPSA) is 18.5 Å². The van der Waals surface area contributed by atoms with Crippen LogP contribution in [0.15, 0.2) is 0 Å². The van der Waals surface area contributed by atoms with Crippen molar-refractivity contribution in [3.05, 3.63) is 0 Å². The summed E-state index contributed by atoms with van der Waals surface area (Å²) in [7, 11) is 1.70. The molecule has 0 aromatic heterocycles. The third-order valence-electron chi connectivity index (χ3n) is 3.63. The molecule has 0 rings (SSSR count). The van der Waals surface area contributed by atoms with Crippen molar-refractivity contribution in [3.63, 3.8) is 0 Å². The largest absolute Gasteiger partial charge is 0.398 e. The average molecular weight is 329 g/mol. The van der Waals surface area contributed by atoms with E-state index < -0.39 is 8.56 Å². The molecule has 0 saturated carbocycles. The van der Waals surface area contributed by atoms with Gasteiger partial charge in [-0.2, -0.15) is 0 Å². The van der Waals surface area contributed by atoms with E-state index in [4.69, 9.17) is 32.1 Å². The highest BCUT2D eigenvalue weighted by atomic mass is 35.5. The van der Waals surface area contributed by atoms with Crippen LogP contribution in [0, 0.1) is 0 Å². The summed E-state index contributed by atoms with van der Waals surface area (Å²) in [6.45, 7) is 0. The lowest BCUT2D eigenvalue weighted by atomic mass is 10.2. The molecule has 19 heavy (non-hydrogen) atoms. The molecule has 0 bridgehead atoms. The van der Waals surface area contributed by atoms with Crippen molar-refractivity contribution in [1.29, 1.82) is 0 Å². The molecule has 0 radical (unpaired) electrons. The second-order valence-electron chi connectivity index (χ2n) is 5.03. The number of halogens is 2. The van der Waals surface area contributed by atoms with Gasteiger partial charge in [0.15, 0.2) is 0 Å². The minimum absolute atomic E-state index is 0.775. The standard InChI is InChI=1S/C14H30Cl2O2Si/c1-17-19(18-2,13-9-5-3-7-11-15)14-10-6-4-8-12-16/h3-14H2,1-2H3. The van der Waals surface area contributed by atoms with Crippen LogP contribution in [0.5, 0.6) is 0 Å². The zero-order valence-electron chi connectivity index (χ0n) is 12.6. The predicted octanol–water partition coefficient (Wildman–Crippen LogP) is 5.32. The molecule has 0 unspecified atom stereocenters. The first kappa shape index (κ1) is 19.7. The van der Waals surface area contributed by atoms with Gasteiger partial charge in [-0.25, -0.2) is 0 Å². The molecule has 0 N–H and O–H groups in total. The summed E-state index contributed by atoms with van der Waals surface area (Å²) in [5.41, 5.74) is 0. The molecule has 0 spiro atoms. The molecule has 2 nitrogen and oxygen atoms in total. The number of rotatable bonds is 14. The van der Waals surface area contributed by atoms with E-state index in [-0.39, 0.29) is 0 Å². The Labute approximate surface area is 130 Å². The second kappa shape index (κ2) is 13.7. The first-order valence-electron chi connectivity index (χ1n) is 7.47. The van der Waals surface area contributed by atoms with Crippen molar-refractivity contribution in [3.8, 4) is 0 Å². The number of alkyl halides is 2. The lowest BCUT2D eigenvalue weighted by Crippen LogP contribution is -2.39. The molecule has 0 aliphatic rings. The van der Waals surface area contributed by atoms with Crippen LogP contribution in [0.1, 0.15) is 51.4 Å². The first-order valence-corrected chi connectivity index (χ1v) is 10.8. The quantitative estimate of drug-likeness (QED) is 0.244. The average Bonchev–Trinajstić information content (AvgIpc) is 2.45. The minimum atomic E-state index is -1.93. The fourth-order valence-electron chi connectivity index (χ4n) is 2.30. The van der Waals surface area contributed by atoms with E-state index in [1.807, 2.05) is 14.2 Å². The predicted molar refractivity (Wildman–Crippen MR) is 87.8 cm³/mol. The lowest BCUT2D eigenvalue weighted by Gasteiger charge is -2.27. The molecule has 0 atom stereocenters. The Hall–Kier alpha value is 0.717. The lowest BCUT2D eigenvalue weighted by molar-refractivity contribution is 0.238. The maximum Gasteiger partial charge on any atom is 0.337 e. The maximum absolute atomic E-state index is 5.76. The Morgan fingerprint density at radius 3 is 1.32 bits per heavy atom. The number of unbranched alkanes of at least 4 members (excludes halogenated alkanes) is 6. The zero-order valence-corrected chi connectivity index (χ0v) is 15.1. The highest BCUT2D eigenvalue weighted by Gasteiger charge is 2.33. The summed E-state index contributed by atoms with van der Waals surface area (Å²) >= 11 is 11.4. The SMILES string of the molecule is CO[Si](CCCCCCCl)(CCCCCCCl)OC. The van der Waals surface area contributed by atoms with E-state index in [9.17, 15) is 0 Å². The molecule has 0 aliphatic carbocycles. The third kappa shape index (κ3) is 10.1. The van der Waals surface area contributed by atoms with Crippen LogP contribution in [0.2, 0.25) is 12.1 Å². The van der Waals surface area contributed by atoms with Gasteiger partial charge in [0.1, 0.15) is 0 Å². The Morgan fingerprint density at radius 1 is 0.632 bits per heavy atom. The maximum atomic E-state index is 5.76. The highest BCUT2D eigenvalue weighted by molar-refractivity contribution is 6.67. The molecular weight excluding hydrogens is 299 g/mol. The van der Waals surface area contributed by atoms with Gasteiger partial charge in [0.2, 0.25) is 0 Å². The Bertz CT molecular complexity index is 174. The normalized spacial score (nSPS) is 12.0. The van der Waals surface area contributed by atoms with Gasteiger partial charge in [0, 0.05) is 26.0 Å². The summed E-state index contributed by atoms with van der Waals surface area (Å²) in [4.78, 5) is 0. The zero-order chi connectivity index (χ0) is 14.4. The Balaban J connectivity index is 3.83. The van der Waals surface area contributed by atoms with Crippen LogP contribution in [-0.4, -0.2) is 34.5 Å². The van der Waals surface area contributed by atoms with E-state index >= 15 is 0 Å². The highest BCUT2D eigenvalue weighted by Crippen LogP contribution is 2.24. The van der Waals surface area contributed by atoms with Gasteiger partial charge in [0.25, 0.3) is 0 Å². The van der Waals surface area contributed by atoms with Gasteiger partial charge in [-0.15, -0.1) is 23.2 Å². The summed E-state index contributed by atoms with van der Waals surface area (Å²) in [6, 6.07) is 2.22. The van der Waals surface area contributed by atoms with Crippen LogP contribution in [0.3, 0.4) is 0 Å². The number of hydrogen-bond donors (Lipinski definition) is 0. The van der Waals surface area contributed by atoms with Crippen LogP contribution >= 0.6 is 23.2 Å². The second-order valence-corrected chi connectivity index (χ2v) is 9.42. The molecule has 5 heteroatoms. The van der Waals surface area contributed by atoms with Crippen LogP contribution < -0.4 is 0 Å².